The number of pyridine rings is 1. The molecule has 0 fully saturated rings. The van der Waals surface area contributed by atoms with Crippen LogP contribution >= 0.6 is 11.6 Å². The summed E-state index contributed by atoms with van der Waals surface area (Å²) in [6, 6.07) is 14.6. The number of hydrogen-bond acceptors (Lipinski definition) is 3. The van der Waals surface area contributed by atoms with Crippen molar-refractivity contribution in [2.75, 3.05) is 5.88 Å². The Morgan fingerprint density at radius 3 is 2.57 bits per heavy atom. The summed E-state index contributed by atoms with van der Waals surface area (Å²) >= 11 is 6.04. The van der Waals surface area contributed by atoms with Gasteiger partial charge in [0.1, 0.15) is 11.8 Å². The van der Waals surface area contributed by atoms with Gasteiger partial charge in [-0.1, -0.05) is 30.3 Å². The van der Waals surface area contributed by atoms with Crippen LogP contribution in [0.1, 0.15) is 28.5 Å². The van der Waals surface area contributed by atoms with Gasteiger partial charge in [0.05, 0.1) is 11.1 Å². The lowest BCUT2D eigenvalue weighted by Gasteiger charge is -2.29. The third kappa shape index (κ3) is 3.39. The van der Waals surface area contributed by atoms with Crippen LogP contribution in [0.25, 0.3) is 0 Å². The second-order valence-electron chi connectivity index (χ2n) is 4.83. The highest BCUT2D eigenvalue weighted by Crippen LogP contribution is 2.22. The highest BCUT2D eigenvalue weighted by molar-refractivity contribution is 6.18. The molecule has 0 aliphatic rings. The summed E-state index contributed by atoms with van der Waals surface area (Å²) in [5.41, 5.74) is 0.896. The molecule has 1 heterocycles. The van der Waals surface area contributed by atoms with Gasteiger partial charge in [0.25, 0.3) is 5.91 Å². The van der Waals surface area contributed by atoms with E-state index in [1.54, 1.807) is 6.07 Å². The highest BCUT2D eigenvalue weighted by Gasteiger charge is 2.28. The normalized spacial score (nSPS) is 13.0. The summed E-state index contributed by atoms with van der Waals surface area (Å²) < 4.78 is 0. The van der Waals surface area contributed by atoms with E-state index in [1.807, 2.05) is 43.3 Å². The van der Waals surface area contributed by atoms with E-state index in [0.29, 0.717) is 5.56 Å². The van der Waals surface area contributed by atoms with Crippen molar-refractivity contribution in [1.29, 1.82) is 5.26 Å². The molecule has 4 nitrogen and oxygen atoms in total. The van der Waals surface area contributed by atoms with Crippen LogP contribution in [0.15, 0.2) is 48.7 Å². The van der Waals surface area contributed by atoms with Crippen LogP contribution in [-0.2, 0) is 5.54 Å². The zero-order chi connectivity index (χ0) is 15.3. The minimum atomic E-state index is -0.685. The molecule has 21 heavy (non-hydrogen) atoms. The summed E-state index contributed by atoms with van der Waals surface area (Å²) in [4.78, 5) is 16.3. The number of aromatic nitrogens is 1. The lowest BCUT2D eigenvalue weighted by atomic mass is 9.94. The molecular formula is C16H14ClN3O. The SMILES string of the molecule is CC(CCl)(NC(=O)c1ccc(C#N)cn1)c1ccccc1. The van der Waals surface area contributed by atoms with Crippen molar-refractivity contribution in [3.05, 3.63) is 65.5 Å². The third-order valence-electron chi connectivity index (χ3n) is 3.19. The number of hydrogen-bond donors (Lipinski definition) is 1. The van der Waals surface area contributed by atoms with Gasteiger partial charge in [0.2, 0.25) is 0 Å². The van der Waals surface area contributed by atoms with E-state index in [-0.39, 0.29) is 17.5 Å². The number of rotatable bonds is 4. The Kier molecular flexibility index (Phi) is 4.56. The van der Waals surface area contributed by atoms with E-state index in [1.165, 1.54) is 12.3 Å². The molecule has 1 atom stereocenters. The molecule has 1 amide bonds. The highest BCUT2D eigenvalue weighted by atomic mass is 35.5. The molecule has 2 rings (SSSR count). The fourth-order valence-electron chi connectivity index (χ4n) is 1.90. The van der Waals surface area contributed by atoms with E-state index in [0.717, 1.165) is 5.56 Å². The molecule has 0 saturated carbocycles. The van der Waals surface area contributed by atoms with Crippen molar-refractivity contribution < 1.29 is 4.79 Å². The number of amides is 1. The van der Waals surface area contributed by atoms with Crippen LogP contribution in [0.4, 0.5) is 0 Å². The van der Waals surface area contributed by atoms with Crippen molar-refractivity contribution in [3.63, 3.8) is 0 Å². The fourth-order valence-corrected chi connectivity index (χ4v) is 2.12. The van der Waals surface area contributed by atoms with Crippen molar-refractivity contribution in [2.24, 2.45) is 0 Å². The summed E-state index contributed by atoms with van der Waals surface area (Å²) in [7, 11) is 0. The third-order valence-corrected chi connectivity index (χ3v) is 3.73. The van der Waals surface area contributed by atoms with Crippen molar-refractivity contribution in [2.45, 2.75) is 12.5 Å². The number of nitrogens with one attached hydrogen (secondary N) is 1. The standard InChI is InChI=1S/C16H14ClN3O/c1-16(11-17,13-5-3-2-4-6-13)20-15(21)14-8-7-12(9-18)10-19-14/h2-8,10H,11H2,1H3,(H,20,21). The minimum Gasteiger partial charge on any atom is -0.340 e. The first-order valence-corrected chi connectivity index (χ1v) is 6.92. The summed E-state index contributed by atoms with van der Waals surface area (Å²) in [5.74, 6) is -0.0922. The Bertz CT molecular complexity index is 664. The molecule has 0 spiro atoms. The van der Waals surface area contributed by atoms with E-state index in [4.69, 9.17) is 16.9 Å². The van der Waals surface area contributed by atoms with Crippen LogP contribution in [0.5, 0.6) is 0 Å². The van der Waals surface area contributed by atoms with E-state index < -0.39 is 5.54 Å². The first-order chi connectivity index (χ1) is 10.1. The summed E-state index contributed by atoms with van der Waals surface area (Å²) in [5, 5.41) is 11.6. The van der Waals surface area contributed by atoms with Gasteiger partial charge in [-0.25, -0.2) is 4.98 Å². The second-order valence-corrected chi connectivity index (χ2v) is 5.10. The number of nitriles is 1. The van der Waals surface area contributed by atoms with Crippen LogP contribution in [-0.4, -0.2) is 16.8 Å². The average molecular weight is 300 g/mol. The molecule has 1 N–H and O–H groups in total. The predicted octanol–water partition coefficient (Wildman–Crippen LogP) is 2.84. The van der Waals surface area contributed by atoms with Gasteiger partial charge in [0.15, 0.2) is 0 Å². The molecule has 106 valence electrons. The molecule has 0 aliphatic heterocycles. The van der Waals surface area contributed by atoms with Crippen LogP contribution in [0.3, 0.4) is 0 Å². The van der Waals surface area contributed by atoms with Gasteiger partial charge in [-0.2, -0.15) is 5.26 Å². The number of halogens is 1. The van der Waals surface area contributed by atoms with Gasteiger partial charge < -0.3 is 5.32 Å². The second kappa shape index (κ2) is 6.38. The Balaban J connectivity index is 2.22. The molecule has 1 aromatic carbocycles. The summed E-state index contributed by atoms with van der Waals surface area (Å²) in [6.07, 6.45) is 1.37. The molecule has 1 unspecified atom stereocenters. The van der Waals surface area contributed by atoms with Gasteiger partial charge in [-0.3, -0.25) is 4.79 Å². The first kappa shape index (κ1) is 15.0. The fraction of sp³-hybridized carbons (Fsp3) is 0.188. The number of alkyl halides is 1. The Morgan fingerprint density at radius 2 is 2.05 bits per heavy atom. The molecule has 0 bridgehead atoms. The van der Waals surface area contributed by atoms with Crippen LogP contribution in [0, 0.1) is 11.3 Å². The van der Waals surface area contributed by atoms with Crippen molar-refractivity contribution in [1.82, 2.24) is 10.3 Å². The van der Waals surface area contributed by atoms with E-state index in [9.17, 15) is 4.79 Å². The maximum absolute atomic E-state index is 12.3. The average Bonchev–Trinajstić information content (AvgIpc) is 2.55. The topological polar surface area (TPSA) is 65.8 Å². The lowest BCUT2D eigenvalue weighted by molar-refractivity contribution is 0.0908. The maximum atomic E-state index is 12.3. The molecule has 2 aromatic rings. The Labute approximate surface area is 128 Å². The quantitative estimate of drug-likeness (QED) is 0.883. The maximum Gasteiger partial charge on any atom is 0.270 e. The monoisotopic (exact) mass is 299 g/mol. The van der Waals surface area contributed by atoms with Gasteiger partial charge in [-0.15, -0.1) is 11.6 Å². The van der Waals surface area contributed by atoms with E-state index >= 15 is 0 Å². The molecule has 0 saturated heterocycles. The van der Waals surface area contributed by atoms with Crippen LogP contribution in [0.2, 0.25) is 0 Å². The zero-order valence-corrected chi connectivity index (χ0v) is 12.3. The number of carbonyl (C=O) groups excluding carboxylic acids is 1. The molecule has 1 aromatic heterocycles. The van der Waals surface area contributed by atoms with E-state index in [2.05, 4.69) is 10.3 Å². The number of nitrogens with zero attached hydrogens (tertiary/aromatic N) is 2. The predicted molar refractivity (Wildman–Crippen MR) is 80.9 cm³/mol. The molecular weight excluding hydrogens is 286 g/mol. The molecule has 0 radical (unpaired) electrons. The number of carbonyl (C=O) groups is 1. The molecule has 5 heteroatoms. The first-order valence-electron chi connectivity index (χ1n) is 6.39. The van der Waals surface area contributed by atoms with Gasteiger partial charge in [0, 0.05) is 12.1 Å². The Morgan fingerprint density at radius 1 is 1.33 bits per heavy atom. The molecule has 0 aliphatic carbocycles. The van der Waals surface area contributed by atoms with Crippen molar-refractivity contribution in [3.8, 4) is 6.07 Å². The van der Waals surface area contributed by atoms with Crippen LogP contribution < -0.4 is 5.32 Å². The van der Waals surface area contributed by atoms with Gasteiger partial charge in [-0.05, 0) is 24.6 Å². The lowest BCUT2D eigenvalue weighted by Crippen LogP contribution is -2.45. The summed E-state index contributed by atoms with van der Waals surface area (Å²) in [6.45, 7) is 1.86. The Hall–Kier alpha value is -2.38. The zero-order valence-electron chi connectivity index (χ0n) is 11.5. The largest absolute Gasteiger partial charge is 0.340 e. The smallest absolute Gasteiger partial charge is 0.270 e. The van der Waals surface area contributed by atoms with Crippen molar-refractivity contribution >= 4 is 17.5 Å². The van der Waals surface area contributed by atoms with Gasteiger partial charge >= 0.3 is 0 Å². The minimum absolute atomic E-state index is 0.235. The number of benzene rings is 1.